The van der Waals surface area contributed by atoms with Crippen LogP contribution in [0.2, 0.25) is 0 Å². The molecule has 2 heterocycles. The van der Waals surface area contributed by atoms with E-state index in [2.05, 4.69) is 15.5 Å². The molecule has 88 valence electrons. The molecule has 1 saturated heterocycles. The zero-order valence-electron chi connectivity index (χ0n) is 9.57. The number of likely N-dealkylation sites (tertiary alicyclic amines) is 1. The lowest BCUT2D eigenvalue weighted by Crippen LogP contribution is -2.41. The van der Waals surface area contributed by atoms with Crippen molar-refractivity contribution in [2.45, 2.75) is 25.3 Å². The number of carbonyl (C=O) groups is 1. The van der Waals surface area contributed by atoms with Crippen LogP contribution in [0.4, 0.5) is 0 Å². The van der Waals surface area contributed by atoms with E-state index in [0.29, 0.717) is 12.5 Å². The first-order chi connectivity index (χ1) is 7.81. The Morgan fingerprint density at radius 3 is 3.31 bits per heavy atom. The molecule has 2 N–H and O–H groups in total. The highest BCUT2D eigenvalue weighted by Gasteiger charge is 2.27. The summed E-state index contributed by atoms with van der Waals surface area (Å²) < 4.78 is 0. The Morgan fingerprint density at radius 2 is 2.62 bits per heavy atom. The largest absolute Gasteiger partial charge is 0.338 e. The molecule has 0 spiro atoms. The lowest BCUT2D eigenvalue weighted by Gasteiger charge is -2.24. The summed E-state index contributed by atoms with van der Waals surface area (Å²) >= 11 is 0. The summed E-state index contributed by atoms with van der Waals surface area (Å²) in [5.74, 6) is 0.196. The van der Waals surface area contributed by atoms with E-state index in [1.165, 1.54) is 0 Å². The van der Waals surface area contributed by atoms with Gasteiger partial charge in [-0.2, -0.15) is 5.10 Å². The van der Waals surface area contributed by atoms with Gasteiger partial charge in [-0.05, 0) is 26.0 Å². The minimum atomic E-state index is 0.196. The number of hydrogen-bond acceptors (Lipinski definition) is 3. The molecule has 1 aliphatic rings. The van der Waals surface area contributed by atoms with Crippen LogP contribution >= 0.6 is 0 Å². The molecule has 2 rings (SSSR count). The Balaban J connectivity index is 1.93. The number of aromatic nitrogens is 2. The number of nitrogens with zero attached hydrogens (tertiary/aromatic N) is 2. The smallest absolute Gasteiger partial charge is 0.228 e. The molecular weight excluding hydrogens is 204 g/mol. The number of rotatable bonds is 4. The first-order valence-corrected chi connectivity index (χ1v) is 5.73. The summed E-state index contributed by atoms with van der Waals surface area (Å²) in [6.45, 7) is 1.77. The third kappa shape index (κ3) is 2.41. The molecule has 1 aromatic rings. The van der Waals surface area contributed by atoms with E-state index in [0.717, 1.165) is 31.6 Å². The van der Waals surface area contributed by atoms with Crippen molar-refractivity contribution < 1.29 is 4.79 Å². The first-order valence-electron chi connectivity index (χ1n) is 5.73. The maximum Gasteiger partial charge on any atom is 0.228 e. The van der Waals surface area contributed by atoms with Crippen molar-refractivity contribution >= 4 is 5.91 Å². The molecule has 1 aliphatic heterocycles. The summed E-state index contributed by atoms with van der Waals surface area (Å²) in [6, 6.07) is 2.21. The monoisotopic (exact) mass is 222 g/mol. The summed E-state index contributed by atoms with van der Waals surface area (Å²) in [5, 5.41) is 9.81. The van der Waals surface area contributed by atoms with Crippen LogP contribution in [0, 0.1) is 0 Å². The van der Waals surface area contributed by atoms with Gasteiger partial charge in [0.1, 0.15) is 0 Å². The van der Waals surface area contributed by atoms with Crippen molar-refractivity contribution in [1.29, 1.82) is 0 Å². The molecule has 5 heteroatoms. The van der Waals surface area contributed by atoms with Crippen LogP contribution < -0.4 is 5.32 Å². The SMILES string of the molecule is CNCC1CCCN1C(=O)Cc1ccn[nH]1. The van der Waals surface area contributed by atoms with Gasteiger partial charge in [-0.1, -0.05) is 0 Å². The second-order valence-corrected chi connectivity index (χ2v) is 4.20. The highest BCUT2D eigenvalue weighted by Crippen LogP contribution is 2.17. The fourth-order valence-corrected chi connectivity index (χ4v) is 2.26. The van der Waals surface area contributed by atoms with Crippen LogP contribution in [0.25, 0.3) is 0 Å². The summed E-state index contributed by atoms with van der Waals surface area (Å²) in [4.78, 5) is 14.0. The first kappa shape index (κ1) is 11.1. The molecular formula is C11H18N4O. The molecule has 0 bridgehead atoms. The molecule has 0 aliphatic carbocycles. The van der Waals surface area contributed by atoms with Gasteiger partial charge in [0, 0.05) is 31.0 Å². The van der Waals surface area contributed by atoms with Gasteiger partial charge in [0.05, 0.1) is 6.42 Å². The summed E-state index contributed by atoms with van der Waals surface area (Å²) in [6.07, 6.45) is 4.33. The molecule has 1 unspecified atom stereocenters. The van der Waals surface area contributed by atoms with E-state index in [4.69, 9.17) is 0 Å². The van der Waals surface area contributed by atoms with Crippen LogP contribution in [0.5, 0.6) is 0 Å². The predicted octanol–water partition coefficient (Wildman–Crippen LogP) is 0.163. The third-order valence-corrected chi connectivity index (χ3v) is 3.04. The molecule has 1 aromatic heterocycles. The lowest BCUT2D eigenvalue weighted by atomic mass is 10.2. The zero-order valence-corrected chi connectivity index (χ0v) is 9.57. The Morgan fingerprint density at radius 1 is 1.75 bits per heavy atom. The standard InChI is InChI=1S/C11H18N4O/c1-12-8-10-3-2-6-15(10)11(16)7-9-4-5-13-14-9/h4-5,10,12H,2-3,6-8H2,1H3,(H,13,14). The number of aromatic amines is 1. The molecule has 5 nitrogen and oxygen atoms in total. The van der Waals surface area contributed by atoms with Gasteiger partial charge in [-0.15, -0.1) is 0 Å². The number of carbonyl (C=O) groups excluding carboxylic acids is 1. The van der Waals surface area contributed by atoms with Crippen molar-refractivity contribution in [3.8, 4) is 0 Å². The number of amides is 1. The summed E-state index contributed by atoms with van der Waals surface area (Å²) in [5.41, 5.74) is 0.889. The van der Waals surface area contributed by atoms with E-state index in [-0.39, 0.29) is 5.91 Å². The number of H-pyrrole nitrogens is 1. The van der Waals surface area contributed by atoms with Gasteiger partial charge >= 0.3 is 0 Å². The zero-order chi connectivity index (χ0) is 11.4. The minimum Gasteiger partial charge on any atom is -0.338 e. The van der Waals surface area contributed by atoms with E-state index in [1.807, 2.05) is 18.0 Å². The lowest BCUT2D eigenvalue weighted by molar-refractivity contribution is -0.131. The van der Waals surface area contributed by atoms with Crippen LogP contribution in [0.15, 0.2) is 12.3 Å². The molecule has 1 atom stereocenters. The van der Waals surface area contributed by atoms with E-state index >= 15 is 0 Å². The fourth-order valence-electron chi connectivity index (χ4n) is 2.26. The maximum absolute atomic E-state index is 12.0. The van der Waals surface area contributed by atoms with Crippen LogP contribution in [0.3, 0.4) is 0 Å². The van der Waals surface area contributed by atoms with Crippen molar-refractivity contribution in [3.05, 3.63) is 18.0 Å². The average molecular weight is 222 g/mol. The molecule has 0 radical (unpaired) electrons. The van der Waals surface area contributed by atoms with Crippen LogP contribution in [-0.2, 0) is 11.2 Å². The Bertz CT molecular complexity index is 336. The van der Waals surface area contributed by atoms with Crippen LogP contribution in [-0.4, -0.2) is 47.2 Å². The van der Waals surface area contributed by atoms with Crippen molar-refractivity contribution in [1.82, 2.24) is 20.4 Å². The molecule has 1 amide bonds. The van der Waals surface area contributed by atoms with Crippen LogP contribution in [0.1, 0.15) is 18.5 Å². The van der Waals surface area contributed by atoms with Gasteiger partial charge in [-0.3, -0.25) is 9.89 Å². The molecule has 0 aromatic carbocycles. The topological polar surface area (TPSA) is 61.0 Å². The third-order valence-electron chi connectivity index (χ3n) is 3.04. The average Bonchev–Trinajstić information content (AvgIpc) is 2.89. The van der Waals surface area contributed by atoms with Crippen molar-refractivity contribution in [2.24, 2.45) is 0 Å². The maximum atomic E-state index is 12.0. The normalized spacial score (nSPS) is 20.3. The van der Waals surface area contributed by atoms with Gasteiger partial charge in [0.15, 0.2) is 0 Å². The number of likely N-dealkylation sites (N-methyl/N-ethyl adjacent to an activating group) is 1. The number of nitrogens with one attached hydrogen (secondary N) is 2. The van der Waals surface area contributed by atoms with Gasteiger partial charge < -0.3 is 10.2 Å². The Labute approximate surface area is 95.2 Å². The van der Waals surface area contributed by atoms with Gasteiger partial charge in [-0.25, -0.2) is 0 Å². The van der Waals surface area contributed by atoms with Crippen molar-refractivity contribution in [2.75, 3.05) is 20.1 Å². The van der Waals surface area contributed by atoms with Gasteiger partial charge in [0.2, 0.25) is 5.91 Å². The predicted molar refractivity (Wildman–Crippen MR) is 61.0 cm³/mol. The van der Waals surface area contributed by atoms with E-state index in [9.17, 15) is 4.79 Å². The molecule has 16 heavy (non-hydrogen) atoms. The Hall–Kier alpha value is -1.36. The number of hydrogen-bond donors (Lipinski definition) is 2. The fraction of sp³-hybridized carbons (Fsp3) is 0.636. The highest BCUT2D eigenvalue weighted by molar-refractivity contribution is 5.78. The second kappa shape index (κ2) is 5.12. The van der Waals surface area contributed by atoms with E-state index in [1.54, 1.807) is 6.20 Å². The quantitative estimate of drug-likeness (QED) is 0.763. The van der Waals surface area contributed by atoms with Crippen molar-refractivity contribution in [3.63, 3.8) is 0 Å². The van der Waals surface area contributed by atoms with E-state index < -0.39 is 0 Å². The molecule has 1 fully saturated rings. The second-order valence-electron chi connectivity index (χ2n) is 4.20. The Kier molecular flexibility index (Phi) is 3.56. The minimum absolute atomic E-state index is 0.196. The molecule has 0 saturated carbocycles. The summed E-state index contributed by atoms with van der Waals surface area (Å²) in [7, 11) is 1.93. The van der Waals surface area contributed by atoms with Gasteiger partial charge in [0.25, 0.3) is 0 Å². The highest BCUT2D eigenvalue weighted by atomic mass is 16.2.